The van der Waals surface area contributed by atoms with Crippen LogP contribution in [0.5, 0.6) is 0 Å². The van der Waals surface area contributed by atoms with Crippen LogP contribution < -0.4 is 5.32 Å². The van der Waals surface area contributed by atoms with Gasteiger partial charge in [-0.1, -0.05) is 6.07 Å². The highest BCUT2D eigenvalue weighted by Crippen LogP contribution is 2.24. The zero-order valence-corrected chi connectivity index (χ0v) is 14.7. The van der Waals surface area contributed by atoms with Crippen molar-refractivity contribution in [3.05, 3.63) is 56.9 Å². The summed E-state index contributed by atoms with van der Waals surface area (Å²) in [4.78, 5) is 2.16. The van der Waals surface area contributed by atoms with Gasteiger partial charge in [-0.05, 0) is 75.8 Å². The molecule has 0 aliphatic carbocycles. The predicted octanol–water partition coefficient (Wildman–Crippen LogP) is 4.20. The molecule has 1 aromatic heterocycles. The van der Waals surface area contributed by atoms with Gasteiger partial charge in [-0.3, -0.25) is 4.90 Å². The van der Waals surface area contributed by atoms with Gasteiger partial charge < -0.3 is 9.73 Å². The first-order valence-corrected chi connectivity index (χ1v) is 8.01. The smallest absolute Gasteiger partial charge is 0.122 e. The van der Waals surface area contributed by atoms with Crippen molar-refractivity contribution in [3.63, 3.8) is 0 Å². The van der Waals surface area contributed by atoms with Crippen LogP contribution in [0.4, 0.5) is 0 Å². The molecule has 0 bridgehead atoms. The molecular weight excluding hydrogens is 384 g/mol. The number of rotatable bonds is 6. The first-order chi connectivity index (χ1) is 9.58. The van der Waals surface area contributed by atoms with Gasteiger partial charge in [0.1, 0.15) is 5.76 Å². The van der Waals surface area contributed by atoms with Crippen LogP contribution in [-0.4, -0.2) is 25.5 Å². The van der Waals surface area contributed by atoms with Crippen LogP contribution in [0, 0.1) is 0 Å². The van der Waals surface area contributed by atoms with E-state index in [-0.39, 0.29) is 6.04 Å². The van der Waals surface area contributed by atoms with E-state index >= 15 is 0 Å². The SMILES string of the molecule is CN(C)C(CNCc1ccc(Br)c(Br)c1)c1ccco1. The van der Waals surface area contributed by atoms with Crippen LogP contribution in [0.1, 0.15) is 17.4 Å². The van der Waals surface area contributed by atoms with E-state index in [1.54, 1.807) is 6.26 Å². The maximum absolute atomic E-state index is 5.50. The summed E-state index contributed by atoms with van der Waals surface area (Å²) in [7, 11) is 4.12. The highest BCUT2D eigenvalue weighted by molar-refractivity contribution is 9.13. The quantitative estimate of drug-likeness (QED) is 0.786. The largest absolute Gasteiger partial charge is 0.468 e. The molecule has 1 aromatic carbocycles. The first-order valence-electron chi connectivity index (χ1n) is 6.42. The predicted molar refractivity (Wildman–Crippen MR) is 88.7 cm³/mol. The molecule has 108 valence electrons. The Labute approximate surface area is 136 Å². The Morgan fingerprint density at radius 2 is 2.00 bits per heavy atom. The number of benzene rings is 1. The maximum Gasteiger partial charge on any atom is 0.122 e. The van der Waals surface area contributed by atoms with E-state index in [2.05, 4.69) is 74.4 Å². The van der Waals surface area contributed by atoms with Crippen molar-refractivity contribution in [1.29, 1.82) is 0 Å². The van der Waals surface area contributed by atoms with Crippen molar-refractivity contribution in [2.45, 2.75) is 12.6 Å². The number of likely N-dealkylation sites (N-methyl/N-ethyl adjacent to an activating group) is 1. The molecule has 0 aliphatic rings. The van der Waals surface area contributed by atoms with Crippen molar-refractivity contribution in [3.8, 4) is 0 Å². The second-order valence-electron chi connectivity index (χ2n) is 4.87. The summed E-state index contributed by atoms with van der Waals surface area (Å²) < 4.78 is 7.65. The monoisotopic (exact) mass is 400 g/mol. The highest BCUT2D eigenvalue weighted by Gasteiger charge is 2.16. The molecule has 0 aliphatic heterocycles. The summed E-state index contributed by atoms with van der Waals surface area (Å²) in [5.41, 5.74) is 1.25. The number of halogens is 2. The van der Waals surface area contributed by atoms with E-state index in [1.165, 1.54) is 5.56 Å². The summed E-state index contributed by atoms with van der Waals surface area (Å²) in [6.07, 6.45) is 1.72. The number of nitrogens with one attached hydrogen (secondary N) is 1. The van der Waals surface area contributed by atoms with E-state index in [0.717, 1.165) is 27.8 Å². The topological polar surface area (TPSA) is 28.4 Å². The Morgan fingerprint density at radius 3 is 2.60 bits per heavy atom. The van der Waals surface area contributed by atoms with Gasteiger partial charge in [-0.15, -0.1) is 0 Å². The highest BCUT2D eigenvalue weighted by atomic mass is 79.9. The lowest BCUT2D eigenvalue weighted by molar-refractivity contribution is 0.250. The third-order valence-corrected chi connectivity index (χ3v) is 5.03. The Hall–Kier alpha value is -0.620. The van der Waals surface area contributed by atoms with E-state index < -0.39 is 0 Å². The molecule has 0 radical (unpaired) electrons. The zero-order valence-electron chi connectivity index (χ0n) is 11.6. The lowest BCUT2D eigenvalue weighted by atomic mass is 10.2. The second-order valence-corrected chi connectivity index (χ2v) is 6.58. The van der Waals surface area contributed by atoms with E-state index in [9.17, 15) is 0 Å². The molecule has 20 heavy (non-hydrogen) atoms. The molecule has 5 heteroatoms. The van der Waals surface area contributed by atoms with Gasteiger partial charge in [-0.2, -0.15) is 0 Å². The summed E-state index contributed by atoms with van der Waals surface area (Å²) in [5.74, 6) is 0.986. The molecule has 0 saturated carbocycles. The molecule has 1 unspecified atom stereocenters. The van der Waals surface area contributed by atoms with E-state index in [4.69, 9.17) is 4.42 Å². The molecule has 3 nitrogen and oxygen atoms in total. The van der Waals surface area contributed by atoms with Crippen molar-refractivity contribution in [1.82, 2.24) is 10.2 Å². The fraction of sp³-hybridized carbons (Fsp3) is 0.333. The van der Waals surface area contributed by atoms with E-state index in [1.807, 2.05) is 12.1 Å². The number of hydrogen-bond acceptors (Lipinski definition) is 3. The molecule has 0 amide bonds. The lowest BCUT2D eigenvalue weighted by Crippen LogP contribution is -2.30. The maximum atomic E-state index is 5.50. The second kappa shape index (κ2) is 7.41. The summed E-state index contributed by atoms with van der Waals surface area (Å²) in [5, 5.41) is 3.48. The van der Waals surface area contributed by atoms with Gasteiger partial charge in [0.05, 0.1) is 12.3 Å². The van der Waals surface area contributed by atoms with Crippen LogP contribution in [0.25, 0.3) is 0 Å². The molecular formula is C15H18Br2N2O. The Balaban J connectivity index is 1.92. The molecule has 1 atom stereocenters. The minimum Gasteiger partial charge on any atom is -0.468 e. The molecule has 2 aromatic rings. The Kier molecular flexibility index (Phi) is 5.84. The fourth-order valence-corrected chi connectivity index (χ4v) is 2.69. The van der Waals surface area contributed by atoms with Gasteiger partial charge in [0, 0.05) is 22.0 Å². The zero-order chi connectivity index (χ0) is 14.5. The number of hydrogen-bond donors (Lipinski definition) is 1. The van der Waals surface area contributed by atoms with Crippen LogP contribution in [-0.2, 0) is 6.54 Å². The molecule has 2 rings (SSSR count). The van der Waals surface area contributed by atoms with Crippen LogP contribution >= 0.6 is 31.9 Å². The van der Waals surface area contributed by atoms with Gasteiger partial charge in [0.15, 0.2) is 0 Å². The average Bonchev–Trinajstić information content (AvgIpc) is 2.92. The molecule has 0 spiro atoms. The molecule has 0 saturated heterocycles. The van der Waals surface area contributed by atoms with Crippen molar-refractivity contribution in [2.75, 3.05) is 20.6 Å². The third-order valence-electron chi connectivity index (χ3n) is 3.15. The van der Waals surface area contributed by atoms with Crippen LogP contribution in [0.3, 0.4) is 0 Å². The first kappa shape index (κ1) is 15.8. The van der Waals surface area contributed by atoms with Crippen LogP contribution in [0.2, 0.25) is 0 Å². The molecule has 1 heterocycles. The average molecular weight is 402 g/mol. The van der Waals surface area contributed by atoms with Gasteiger partial charge in [0.25, 0.3) is 0 Å². The number of nitrogens with zero attached hydrogens (tertiary/aromatic N) is 1. The lowest BCUT2D eigenvalue weighted by Gasteiger charge is -2.22. The number of furan rings is 1. The third kappa shape index (κ3) is 4.19. The molecule has 0 fully saturated rings. The van der Waals surface area contributed by atoms with Crippen LogP contribution in [0.15, 0.2) is 50.0 Å². The van der Waals surface area contributed by atoms with Gasteiger partial charge >= 0.3 is 0 Å². The van der Waals surface area contributed by atoms with Crippen molar-refractivity contribution < 1.29 is 4.42 Å². The van der Waals surface area contributed by atoms with Gasteiger partial charge in [-0.25, -0.2) is 0 Å². The Bertz CT molecular complexity index is 541. The standard InChI is InChI=1S/C15H18Br2N2O/c1-19(2)14(15-4-3-7-20-15)10-18-9-11-5-6-12(16)13(17)8-11/h3-8,14,18H,9-10H2,1-2H3. The van der Waals surface area contributed by atoms with Crippen molar-refractivity contribution in [2.24, 2.45) is 0 Å². The summed E-state index contributed by atoms with van der Waals surface area (Å²) >= 11 is 7.00. The van der Waals surface area contributed by atoms with E-state index in [0.29, 0.717) is 0 Å². The summed E-state index contributed by atoms with van der Waals surface area (Å²) in [6, 6.07) is 10.5. The minimum absolute atomic E-state index is 0.240. The summed E-state index contributed by atoms with van der Waals surface area (Å²) in [6.45, 7) is 1.67. The fourth-order valence-electron chi connectivity index (χ4n) is 2.02. The Morgan fingerprint density at radius 1 is 1.20 bits per heavy atom. The van der Waals surface area contributed by atoms with Crippen molar-refractivity contribution >= 4 is 31.9 Å². The minimum atomic E-state index is 0.240. The normalized spacial score (nSPS) is 12.8. The molecule has 1 N–H and O–H groups in total. The van der Waals surface area contributed by atoms with Gasteiger partial charge in [0.2, 0.25) is 0 Å².